The Morgan fingerprint density at radius 3 is 2.63 bits per heavy atom. The van der Waals surface area contributed by atoms with Crippen LogP contribution in [0.4, 0.5) is 21.7 Å². The minimum absolute atomic E-state index is 0.145. The normalized spacial score (nSPS) is 14.5. The maximum atomic E-state index is 14.4. The van der Waals surface area contributed by atoms with Gasteiger partial charge in [-0.15, -0.1) is 0 Å². The minimum Gasteiger partial charge on any atom is -0.393 e. The number of aliphatic hydroxyl groups excluding tert-OH is 1. The number of nitrogens with two attached hydrogens (primary N) is 2. The monoisotopic (exact) mass is 473 g/mol. The molecule has 2 aromatic heterocycles. The first-order valence-electron chi connectivity index (χ1n) is 11.1. The fourth-order valence-electron chi connectivity index (χ4n) is 4.26. The molecule has 35 heavy (non-hydrogen) atoms. The zero-order valence-electron chi connectivity index (χ0n) is 18.9. The predicted octanol–water partition coefficient (Wildman–Crippen LogP) is 2.99. The van der Waals surface area contributed by atoms with Crippen molar-refractivity contribution in [3.8, 4) is 11.1 Å². The number of nitrogens with one attached hydrogen (secondary N) is 1. The summed E-state index contributed by atoms with van der Waals surface area (Å²) < 4.78 is 14.4. The first-order chi connectivity index (χ1) is 16.8. The summed E-state index contributed by atoms with van der Waals surface area (Å²) >= 11 is 0. The van der Waals surface area contributed by atoms with Gasteiger partial charge in [-0.1, -0.05) is 30.3 Å². The molecule has 178 valence electrons. The number of hydrogen-bond donors (Lipinski definition) is 4. The van der Waals surface area contributed by atoms with Crippen LogP contribution in [0.5, 0.6) is 0 Å². The van der Waals surface area contributed by atoms with Gasteiger partial charge in [-0.2, -0.15) is 0 Å². The van der Waals surface area contributed by atoms with E-state index in [-0.39, 0.29) is 30.5 Å². The summed E-state index contributed by atoms with van der Waals surface area (Å²) in [5.41, 5.74) is 14.8. The third kappa shape index (κ3) is 4.08. The first-order valence-corrected chi connectivity index (χ1v) is 11.1. The molecule has 4 aromatic rings. The predicted molar refractivity (Wildman–Crippen MR) is 132 cm³/mol. The Kier molecular flexibility index (Phi) is 5.65. The van der Waals surface area contributed by atoms with Gasteiger partial charge in [0.15, 0.2) is 11.6 Å². The Hall–Kier alpha value is -4.31. The molecule has 1 aliphatic heterocycles. The van der Waals surface area contributed by atoms with E-state index in [4.69, 9.17) is 16.5 Å². The Morgan fingerprint density at radius 1 is 1.17 bits per heavy atom. The molecule has 0 radical (unpaired) electrons. The van der Waals surface area contributed by atoms with Crippen molar-refractivity contribution in [2.75, 3.05) is 29.9 Å². The number of rotatable bonds is 5. The number of likely N-dealkylation sites (tertiary alicyclic amines) is 1. The van der Waals surface area contributed by atoms with Crippen LogP contribution in [-0.4, -0.2) is 50.1 Å². The van der Waals surface area contributed by atoms with Crippen LogP contribution in [0.2, 0.25) is 0 Å². The molecule has 0 unspecified atom stereocenters. The number of β-amino-alcohol motifs (C(OH)–C–C–N with tert-alkyl or cyclic N) is 1. The van der Waals surface area contributed by atoms with Crippen LogP contribution in [-0.2, 0) is 0 Å². The van der Waals surface area contributed by atoms with Crippen molar-refractivity contribution in [3.05, 3.63) is 71.9 Å². The number of nitrogens with zero attached hydrogens (tertiary/aromatic N) is 4. The molecule has 1 amide bonds. The number of aliphatic hydroxyl groups is 1. The molecule has 1 aliphatic rings. The zero-order valence-corrected chi connectivity index (χ0v) is 18.9. The topological polar surface area (TPSA) is 143 Å². The number of aromatic nitrogens is 3. The highest BCUT2D eigenvalue weighted by atomic mass is 19.1. The van der Waals surface area contributed by atoms with Crippen molar-refractivity contribution in [1.82, 2.24) is 19.9 Å². The molecule has 3 heterocycles. The number of hydrogen-bond acceptors (Lipinski definition) is 8. The first kappa shape index (κ1) is 22.5. The van der Waals surface area contributed by atoms with Gasteiger partial charge in [0, 0.05) is 24.0 Å². The van der Waals surface area contributed by atoms with Crippen LogP contribution in [0, 0.1) is 5.82 Å². The highest BCUT2D eigenvalue weighted by Crippen LogP contribution is 2.38. The van der Waals surface area contributed by atoms with Gasteiger partial charge in [-0.05, 0) is 30.7 Å². The molecule has 1 fully saturated rings. The van der Waals surface area contributed by atoms with E-state index in [1.807, 2.05) is 37.3 Å². The lowest BCUT2D eigenvalue weighted by atomic mass is 9.90. The molecule has 10 heteroatoms. The molecular weight excluding hydrogens is 449 g/mol. The van der Waals surface area contributed by atoms with E-state index in [2.05, 4.69) is 15.3 Å². The molecule has 6 N–H and O–H groups in total. The van der Waals surface area contributed by atoms with Gasteiger partial charge < -0.3 is 26.8 Å². The SMILES string of the molecule is C[C@H](Nc1ncnc(N)c1N)c1nc2ccc(F)cc2c(C(=O)N2CC(O)C2)c1-c1ccccc1. The number of benzene rings is 2. The van der Waals surface area contributed by atoms with E-state index in [1.54, 1.807) is 11.0 Å². The maximum absolute atomic E-state index is 14.4. The summed E-state index contributed by atoms with van der Waals surface area (Å²) in [4.78, 5) is 28.2. The highest BCUT2D eigenvalue weighted by molar-refractivity contribution is 6.12. The largest absolute Gasteiger partial charge is 0.393 e. The molecule has 2 aromatic carbocycles. The van der Waals surface area contributed by atoms with E-state index >= 15 is 0 Å². The van der Waals surface area contributed by atoms with Gasteiger partial charge in [0.1, 0.15) is 17.8 Å². The standard InChI is InChI=1S/C25H24FN7O2/c1-13(31-24-21(27)23(28)29-12-30-24)22-19(14-5-3-2-4-6-14)20(25(35)33-10-16(34)11-33)17-9-15(26)7-8-18(17)32-22/h2-9,12-13,16,34H,10-11,27H2,1H3,(H3,28,29,30,31)/t13-/m0/s1. The van der Waals surface area contributed by atoms with Crippen molar-refractivity contribution in [3.63, 3.8) is 0 Å². The molecule has 1 atom stereocenters. The van der Waals surface area contributed by atoms with Gasteiger partial charge in [0.2, 0.25) is 0 Å². The molecule has 9 nitrogen and oxygen atoms in total. The molecule has 0 spiro atoms. The van der Waals surface area contributed by atoms with Gasteiger partial charge in [-0.3, -0.25) is 4.79 Å². The van der Waals surface area contributed by atoms with Gasteiger partial charge in [-0.25, -0.2) is 19.3 Å². The van der Waals surface area contributed by atoms with E-state index in [9.17, 15) is 14.3 Å². The Balaban J connectivity index is 1.74. The number of pyridine rings is 1. The van der Waals surface area contributed by atoms with E-state index in [0.717, 1.165) is 5.56 Å². The third-order valence-corrected chi connectivity index (χ3v) is 6.08. The Morgan fingerprint density at radius 2 is 1.91 bits per heavy atom. The third-order valence-electron chi connectivity index (χ3n) is 6.08. The lowest BCUT2D eigenvalue weighted by molar-refractivity contribution is 0.00607. The molecule has 1 saturated heterocycles. The number of fused-ring (bicyclic) bond motifs is 1. The molecule has 0 aliphatic carbocycles. The summed E-state index contributed by atoms with van der Waals surface area (Å²) in [5, 5.41) is 13.4. The van der Waals surface area contributed by atoms with E-state index in [1.165, 1.54) is 18.5 Å². The van der Waals surface area contributed by atoms with Crippen molar-refractivity contribution in [1.29, 1.82) is 0 Å². The summed E-state index contributed by atoms with van der Waals surface area (Å²) in [7, 11) is 0. The molecule has 5 rings (SSSR count). The molecule has 0 saturated carbocycles. The van der Waals surface area contributed by atoms with Crippen LogP contribution in [0.15, 0.2) is 54.9 Å². The van der Waals surface area contributed by atoms with Gasteiger partial charge in [0.05, 0.1) is 28.9 Å². The zero-order chi connectivity index (χ0) is 24.7. The highest BCUT2D eigenvalue weighted by Gasteiger charge is 2.34. The second kappa shape index (κ2) is 8.80. The Bertz CT molecular complexity index is 1420. The van der Waals surface area contributed by atoms with Crippen molar-refractivity contribution in [2.24, 2.45) is 0 Å². The summed E-state index contributed by atoms with van der Waals surface area (Å²) in [6.07, 6.45) is 0.731. The second-order valence-electron chi connectivity index (χ2n) is 8.53. The van der Waals surface area contributed by atoms with Crippen molar-refractivity contribution in [2.45, 2.75) is 19.1 Å². The molecule has 0 bridgehead atoms. The number of carbonyl (C=O) groups is 1. The van der Waals surface area contributed by atoms with Crippen LogP contribution >= 0.6 is 0 Å². The van der Waals surface area contributed by atoms with Crippen LogP contribution in [0.3, 0.4) is 0 Å². The minimum atomic E-state index is -0.574. The lowest BCUT2D eigenvalue weighted by Crippen LogP contribution is -2.53. The summed E-state index contributed by atoms with van der Waals surface area (Å²) in [6.45, 7) is 2.29. The fourth-order valence-corrected chi connectivity index (χ4v) is 4.26. The number of amides is 1. The van der Waals surface area contributed by atoms with Crippen LogP contribution in [0.25, 0.3) is 22.0 Å². The maximum Gasteiger partial charge on any atom is 0.255 e. The second-order valence-corrected chi connectivity index (χ2v) is 8.53. The summed E-state index contributed by atoms with van der Waals surface area (Å²) in [6, 6.07) is 13.0. The van der Waals surface area contributed by atoms with E-state index < -0.39 is 18.0 Å². The smallest absolute Gasteiger partial charge is 0.255 e. The van der Waals surface area contributed by atoms with E-state index in [0.29, 0.717) is 33.5 Å². The Labute approximate surface area is 200 Å². The van der Waals surface area contributed by atoms with Crippen molar-refractivity contribution < 1.29 is 14.3 Å². The number of carbonyl (C=O) groups excluding carboxylic acids is 1. The average Bonchev–Trinajstić information content (AvgIpc) is 2.83. The average molecular weight is 474 g/mol. The van der Waals surface area contributed by atoms with Crippen LogP contribution in [0.1, 0.15) is 29.0 Å². The quantitative estimate of drug-likeness (QED) is 0.346. The lowest BCUT2D eigenvalue weighted by Gasteiger charge is -2.37. The van der Waals surface area contributed by atoms with Gasteiger partial charge >= 0.3 is 0 Å². The van der Waals surface area contributed by atoms with Gasteiger partial charge in [0.25, 0.3) is 5.91 Å². The van der Waals surface area contributed by atoms with Crippen LogP contribution < -0.4 is 16.8 Å². The number of halogens is 1. The fraction of sp³-hybridized carbons (Fsp3) is 0.200. The number of nitrogen functional groups attached to an aromatic ring is 2. The molecular formula is C25H24FN7O2. The number of anilines is 3. The summed E-state index contributed by atoms with van der Waals surface area (Å²) in [5.74, 6) is -0.290. The van der Waals surface area contributed by atoms with Crippen molar-refractivity contribution >= 4 is 34.1 Å².